The van der Waals surface area contributed by atoms with E-state index in [-0.39, 0.29) is 18.2 Å². The Morgan fingerprint density at radius 1 is 1.14 bits per heavy atom. The Morgan fingerprint density at radius 2 is 1.93 bits per heavy atom. The van der Waals surface area contributed by atoms with Crippen molar-refractivity contribution in [2.75, 3.05) is 11.9 Å². The molecule has 0 saturated carbocycles. The second-order valence-corrected chi connectivity index (χ2v) is 7.11. The molecule has 1 aromatic heterocycles. The van der Waals surface area contributed by atoms with Crippen molar-refractivity contribution in [1.29, 1.82) is 0 Å². The maximum absolute atomic E-state index is 12.6. The highest BCUT2D eigenvalue weighted by atomic mass is 16.4. The number of benzene rings is 2. The van der Waals surface area contributed by atoms with E-state index in [1.165, 1.54) is 6.07 Å². The molecular weight excluding hydrogens is 356 g/mol. The quantitative estimate of drug-likeness (QED) is 0.710. The Labute approximate surface area is 161 Å². The number of hydrogen-bond acceptors (Lipinski definition) is 4. The van der Waals surface area contributed by atoms with Gasteiger partial charge < -0.3 is 14.6 Å². The fourth-order valence-electron chi connectivity index (χ4n) is 3.55. The zero-order valence-corrected chi connectivity index (χ0v) is 15.5. The molecule has 0 spiro atoms. The second-order valence-electron chi connectivity index (χ2n) is 7.11. The van der Waals surface area contributed by atoms with Crippen LogP contribution in [0, 0.1) is 12.8 Å². The van der Waals surface area contributed by atoms with E-state index in [1.807, 2.05) is 43.3 Å². The van der Waals surface area contributed by atoms with Crippen LogP contribution in [0.2, 0.25) is 0 Å². The number of carbonyl (C=O) groups is 2. The number of likely N-dealkylation sites (tertiary alicyclic amines) is 1. The number of fused-ring (bicyclic) bond motifs is 1. The van der Waals surface area contributed by atoms with Gasteiger partial charge >= 0.3 is 5.63 Å². The summed E-state index contributed by atoms with van der Waals surface area (Å²) in [5, 5.41) is 3.66. The Bertz CT molecular complexity index is 1100. The molecule has 2 amide bonds. The average Bonchev–Trinajstić information content (AvgIpc) is 3.03. The van der Waals surface area contributed by atoms with Crippen LogP contribution in [0.5, 0.6) is 0 Å². The minimum absolute atomic E-state index is 0.0239. The highest BCUT2D eigenvalue weighted by Crippen LogP contribution is 2.24. The van der Waals surface area contributed by atoms with Crippen molar-refractivity contribution in [1.82, 2.24) is 4.90 Å². The first-order valence-corrected chi connectivity index (χ1v) is 9.17. The summed E-state index contributed by atoms with van der Waals surface area (Å²) in [6.07, 6.45) is 0.195. The second kappa shape index (κ2) is 7.31. The smallest absolute Gasteiger partial charge is 0.336 e. The molecule has 2 heterocycles. The molecule has 3 aromatic rings. The number of rotatable bonds is 4. The number of nitrogens with one attached hydrogen (secondary N) is 1. The number of hydrogen-bond donors (Lipinski definition) is 1. The Hall–Kier alpha value is -3.41. The lowest BCUT2D eigenvalue weighted by Gasteiger charge is -2.16. The van der Waals surface area contributed by atoms with E-state index in [1.54, 1.807) is 17.0 Å². The normalized spacial score (nSPS) is 16.5. The van der Waals surface area contributed by atoms with Gasteiger partial charge in [-0.3, -0.25) is 9.59 Å². The minimum Gasteiger partial charge on any atom is -0.423 e. The van der Waals surface area contributed by atoms with Crippen molar-refractivity contribution in [3.05, 3.63) is 76.1 Å². The van der Waals surface area contributed by atoms with Gasteiger partial charge in [0.2, 0.25) is 11.8 Å². The number of carbonyl (C=O) groups excluding carboxylic acids is 2. The third-order valence-corrected chi connectivity index (χ3v) is 5.02. The number of aryl methyl sites for hydroxylation is 1. The van der Waals surface area contributed by atoms with Gasteiger partial charge in [0.1, 0.15) is 5.58 Å². The molecule has 0 aliphatic carbocycles. The van der Waals surface area contributed by atoms with Gasteiger partial charge in [-0.1, -0.05) is 30.3 Å². The molecule has 1 aliphatic rings. The predicted octanol–water partition coefficient (Wildman–Crippen LogP) is 3.09. The largest absolute Gasteiger partial charge is 0.423 e. The van der Waals surface area contributed by atoms with Gasteiger partial charge in [-0.2, -0.15) is 0 Å². The third-order valence-electron chi connectivity index (χ3n) is 5.02. The third kappa shape index (κ3) is 3.67. The highest BCUT2D eigenvalue weighted by molar-refractivity contribution is 5.98. The van der Waals surface area contributed by atoms with Crippen LogP contribution in [-0.2, 0) is 16.1 Å². The van der Waals surface area contributed by atoms with E-state index in [0.717, 1.165) is 16.5 Å². The fraction of sp³-hybridized carbons (Fsp3) is 0.227. The zero-order chi connectivity index (χ0) is 19.7. The van der Waals surface area contributed by atoms with Crippen LogP contribution in [-0.4, -0.2) is 23.3 Å². The Balaban J connectivity index is 1.46. The van der Waals surface area contributed by atoms with Crippen molar-refractivity contribution < 1.29 is 14.0 Å². The van der Waals surface area contributed by atoms with Crippen LogP contribution in [0.1, 0.15) is 17.5 Å². The molecule has 6 nitrogen and oxygen atoms in total. The summed E-state index contributed by atoms with van der Waals surface area (Å²) in [4.78, 5) is 38.2. The molecule has 142 valence electrons. The summed E-state index contributed by atoms with van der Waals surface area (Å²) in [6.45, 7) is 2.73. The molecule has 1 saturated heterocycles. The van der Waals surface area contributed by atoms with Crippen molar-refractivity contribution in [3.8, 4) is 0 Å². The Morgan fingerprint density at radius 3 is 2.71 bits per heavy atom. The summed E-state index contributed by atoms with van der Waals surface area (Å²) in [5.41, 5.74) is 2.40. The SMILES string of the molecule is Cc1cc(=O)oc2cc(NC(=O)[C@H]3CC(=O)N(Cc4ccccc4)C3)ccc12. The number of nitrogens with zero attached hydrogens (tertiary/aromatic N) is 1. The lowest BCUT2D eigenvalue weighted by molar-refractivity contribution is -0.128. The lowest BCUT2D eigenvalue weighted by atomic mass is 10.1. The zero-order valence-electron chi connectivity index (χ0n) is 15.5. The maximum Gasteiger partial charge on any atom is 0.336 e. The topological polar surface area (TPSA) is 79.6 Å². The molecule has 28 heavy (non-hydrogen) atoms. The number of amides is 2. The average molecular weight is 376 g/mol. The van der Waals surface area contributed by atoms with Gasteiger partial charge in [0.25, 0.3) is 0 Å². The van der Waals surface area contributed by atoms with Crippen molar-refractivity contribution >= 4 is 28.5 Å². The molecule has 6 heteroatoms. The standard InChI is InChI=1S/C22H20N2O4/c1-14-9-21(26)28-19-11-17(7-8-18(14)19)23-22(27)16-10-20(25)24(13-16)12-15-5-3-2-4-6-15/h2-9,11,16H,10,12-13H2,1H3,(H,23,27)/t16-/m0/s1. The minimum atomic E-state index is -0.425. The monoisotopic (exact) mass is 376 g/mol. The summed E-state index contributed by atoms with van der Waals surface area (Å²) >= 11 is 0. The van der Waals surface area contributed by atoms with Crippen LogP contribution in [0.4, 0.5) is 5.69 Å². The summed E-state index contributed by atoms with van der Waals surface area (Å²) < 4.78 is 5.22. The van der Waals surface area contributed by atoms with E-state index in [9.17, 15) is 14.4 Å². The first kappa shape index (κ1) is 18.0. The highest BCUT2D eigenvalue weighted by Gasteiger charge is 2.34. The Kier molecular flexibility index (Phi) is 4.69. The van der Waals surface area contributed by atoms with Crippen LogP contribution < -0.4 is 10.9 Å². The van der Waals surface area contributed by atoms with E-state index in [2.05, 4.69) is 5.32 Å². The maximum atomic E-state index is 12.6. The van der Waals surface area contributed by atoms with E-state index >= 15 is 0 Å². The summed E-state index contributed by atoms with van der Waals surface area (Å²) in [6, 6.07) is 16.4. The van der Waals surface area contributed by atoms with Crippen LogP contribution in [0.25, 0.3) is 11.0 Å². The van der Waals surface area contributed by atoms with E-state index in [4.69, 9.17) is 4.42 Å². The van der Waals surface area contributed by atoms with Gasteiger partial charge in [-0.15, -0.1) is 0 Å². The number of anilines is 1. The molecule has 1 aliphatic heterocycles. The molecule has 0 unspecified atom stereocenters. The molecule has 4 rings (SSSR count). The van der Waals surface area contributed by atoms with Crippen LogP contribution >= 0.6 is 0 Å². The molecule has 1 N–H and O–H groups in total. The van der Waals surface area contributed by atoms with Gasteiger partial charge in [0, 0.05) is 42.7 Å². The first-order chi connectivity index (χ1) is 13.5. The van der Waals surface area contributed by atoms with E-state index in [0.29, 0.717) is 24.4 Å². The fourth-order valence-corrected chi connectivity index (χ4v) is 3.55. The predicted molar refractivity (Wildman–Crippen MR) is 106 cm³/mol. The van der Waals surface area contributed by atoms with Gasteiger partial charge in [0.05, 0.1) is 5.92 Å². The van der Waals surface area contributed by atoms with Gasteiger partial charge in [-0.05, 0) is 30.2 Å². The van der Waals surface area contributed by atoms with Gasteiger partial charge in [-0.25, -0.2) is 4.79 Å². The summed E-state index contributed by atoms with van der Waals surface area (Å²) in [7, 11) is 0. The van der Waals surface area contributed by atoms with Crippen molar-refractivity contribution in [2.45, 2.75) is 19.9 Å². The summed E-state index contributed by atoms with van der Waals surface area (Å²) in [5.74, 6) is -0.640. The molecule has 1 fully saturated rings. The lowest BCUT2D eigenvalue weighted by Crippen LogP contribution is -2.28. The van der Waals surface area contributed by atoms with Gasteiger partial charge in [0.15, 0.2) is 0 Å². The molecule has 1 atom stereocenters. The molecule has 0 radical (unpaired) electrons. The van der Waals surface area contributed by atoms with Crippen LogP contribution in [0.15, 0.2) is 63.8 Å². The van der Waals surface area contributed by atoms with Crippen molar-refractivity contribution in [3.63, 3.8) is 0 Å². The molecule has 2 aromatic carbocycles. The van der Waals surface area contributed by atoms with Crippen molar-refractivity contribution in [2.24, 2.45) is 5.92 Å². The molecular formula is C22H20N2O4. The van der Waals surface area contributed by atoms with Crippen LogP contribution in [0.3, 0.4) is 0 Å². The first-order valence-electron chi connectivity index (χ1n) is 9.17. The molecule has 0 bridgehead atoms. The van der Waals surface area contributed by atoms with E-state index < -0.39 is 11.5 Å².